The third kappa shape index (κ3) is 2.37. The lowest BCUT2D eigenvalue weighted by atomic mass is 10.1. The second kappa shape index (κ2) is 5.49. The van der Waals surface area contributed by atoms with E-state index in [1.807, 2.05) is 6.92 Å². The molecule has 114 valence electrons. The van der Waals surface area contributed by atoms with Crippen molar-refractivity contribution in [2.45, 2.75) is 13.8 Å². The van der Waals surface area contributed by atoms with Crippen LogP contribution in [0.25, 0.3) is 16.2 Å². The number of halogens is 2. The van der Waals surface area contributed by atoms with Gasteiger partial charge in [-0.25, -0.2) is 18.6 Å². The summed E-state index contributed by atoms with van der Waals surface area (Å²) in [6.07, 6.45) is 1.74. The number of thiazole rings is 1. The van der Waals surface area contributed by atoms with Gasteiger partial charge in [0.1, 0.15) is 17.3 Å². The number of esters is 1. The van der Waals surface area contributed by atoms with Crippen LogP contribution in [0.3, 0.4) is 0 Å². The van der Waals surface area contributed by atoms with E-state index in [0.29, 0.717) is 4.96 Å². The Labute approximate surface area is 129 Å². The SMILES string of the molecule is CCOC(=O)c1c(-c2ccc(F)cc2F)nc2sc(C)cn12. The number of carbonyl (C=O) groups excluding carboxylic acids is 1. The van der Waals surface area contributed by atoms with Gasteiger partial charge in [0, 0.05) is 22.7 Å². The van der Waals surface area contributed by atoms with Gasteiger partial charge in [0.2, 0.25) is 0 Å². The Balaban J connectivity index is 2.26. The molecule has 3 aromatic rings. The molecule has 2 aromatic heterocycles. The molecule has 0 unspecified atom stereocenters. The highest BCUT2D eigenvalue weighted by Crippen LogP contribution is 2.30. The Morgan fingerprint density at radius 2 is 2.18 bits per heavy atom. The minimum Gasteiger partial charge on any atom is -0.461 e. The van der Waals surface area contributed by atoms with Gasteiger partial charge >= 0.3 is 5.97 Å². The van der Waals surface area contributed by atoms with Crippen molar-refractivity contribution >= 4 is 22.3 Å². The van der Waals surface area contributed by atoms with Gasteiger partial charge in [-0.1, -0.05) is 0 Å². The van der Waals surface area contributed by atoms with E-state index in [4.69, 9.17) is 4.74 Å². The molecule has 0 aliphatic rings. The predicted molar refractivity (Wildman–Crippen MR) is 79.1 cm³/mol. The molecule has 0 saturated heterocycles. The van der Waals surface area contributed by atoms with Gasteiger partial charge in [-0.2, -0.15) is 0 Å². The largest absolute Gasteiger partial charge is 0.461 e. The van der Waals surface area contributed by atoms with Crippen LogP contribution in [0, 0.1) is 18.6 Å². The number of rotatable bonds is 3. The van der Waals surface area contributed by atoms with Crippen LogP contribution in [0.2, 0.25) is 0 Å². The van der Waals surface area contributed by atoms with E-state index in [9.17, 15) is 13.6 Å². The van der Waals surface area contributed by atoms with Crippen LogP contribution in [0.4, 0.5) is 8.78 Å². The van der Waals surface area contributed by atoms with E-state index in [1.165, 1.54) is 17.4 Å². The lowest BCUT2D eigenvalue weighted by Gasteiger charge is -2.05. The number of nitrogens with zero attached hydrogens (tertiary/aromatic N) is 2. The first-order valence-corrected chi connectivity index (χ1v) is 7.44. The number of hydrogen-bond acceptors (Lipinski definition) is 4. The van der Waals surface area contributed by atoms with Crippen molar-refractivity contribution in [3.05, 3.63) is 46.6 Å². The van der Waals surface area contributed by atoms with E-state index < -0.39 is 17.6 Å². The third-order valence-corrected chi connectivity index (χ3v) is 3.99. The van der Waals surface area contributed by atoms with Gasteiger partial charge < -0.3 is 4.74 Å². The van der Waals surface area contributed by atoms with Crippen molar-refractivity contribution in [3.8, 4) is 11.3 Å². The van der Waals surface area contributed by atoms with Crippen molar-refractivity contribution in [3.63, 3.8) is 0 Å². The highest BCUT2D eigenvalue weighted by Gasteiger charge is 2.24. The fourth-order valence-electron chi connectivity index (χ4n) is 2.22. The molecule has 0 fully saturated rings. The van der Waals surface area contributed by atoms with Crippen LogP contribution < -0.4 is 0 Å². The number of ether oxygens (including phenoxy) is 1. The van der Waals surface area contributed by atoms with E-state index in [0.717, 1.165) is 17.0 Å². The summed E-state index contributed by atoms with van der Waals surface area (Å²) in [5.74, 6) is -2.05. The number of hydrogen-bond donors (Lipinski definition) is 0. The van der Waals surface area contributed by atoms with Gasteiger partial charge in [-0.05, 0) is 26.0 Å². The van der Waals surface area contributed by atoms with Crippen molar-refractivity contribution in [2.75, 3.05) is 6.61 Å². The van der Waals surface area contributed by atoms with Crippen LogP contribution in [-0.4, -0.2) is 22.0 Å². The minimum atomic E-state index is -0.770. The summed E-state index contributed by atoms with van der Waals surface area (Å²) in [6, 6.07) is 3.17. The molecule has 0 atom stereocenters. The molecule has 0 aliphatic heterocycles. The van der Waals surface area contributed by atoms with E-state index in [1.54, 1.807) is 17.5 Å². The monoisotopic (exact) mass is 322 g/mol. The lowest BCUT2D eigenvalue weighted by molar-refractivity contribution is 0.0519. The molecule has 3 rings (SSSR count). The highest BCUT2D eigenvalue weighted by molar-refractivity contribution is 7.17. The number of imidazole rings is 1. The van der Waals surface area contributed by atoms with Crippen molar-refractivity contribution in [1.82, 2.24) is 9.38 Å². The zero-order valence-corrected chi connectivity index (χ0v) is 12.7. The topological polar surface area (TPSA) is 43.6 Å². The Kier molecular flexibility index (Phi) is 3.66. The first-order chi connectivity index (χ1) is 10.5. The molecule has 0 amide bonds. The molecule has 0 N–H and O–H groups in total. The third-order valence-electron chi connectivity index (χ3n) is 3.10. The van der Waals surface area contributed by atoms with E-state index in [-0.39, 0.29) is 23.6 Å². The van der Waals surface area contributed by atoms with Gasteiger partial charge in [-0.3, -0.25) is 4.40 Å². The van der Waals surface area contributed by atoms with Gasteiger partial charge in [0.05, 0.1) is 6.61 Å². The van der Waals surface area contributed by atoms with Crippen molar-refractivity contribution in [1.29, 1.82) is 0 Å². The maximum Gasteiger partial charge on any atom is 0.357 e. The molecular weight excluding hydrogens is 310 g/mol. The lowest BCUT2D eigenvalue weighted by Crippen LogP contribution is -2.09. The Hall–Kier alpha value is -2.28. The molecule has 1 aromatic carbocycles. The Bertz CT molecular complexity index is 870. The summed E-state index contributed by atoms with van der Waals surface area (Å²) >= 11 is 1.37. The first kappa shape index (κ1) is 14.6. The first-order valence-electron chi connectivity index (χ1n) is 6.62. The summed E-state index contributed by atoms with van der Waals surface area (Å²) in [6.45, 7) is 3.76. The minimum absolute atomic E-state index is 0.0676. The number of aryl methyl sites for hydroxylation is 1. The molecule has 0 bridgehead atoms. The highest BCUT2D eigenvalue weighted by atomic mass is 32.1. The molecule has 2 heterocycles. The molecule has 0 aliphatic carbocycles. The van der Waals surface area contributed by atoms with Crippen LogP contribution in [0.1, 0.15) is 22.3 Å². The van der Waals surface area contributed by atoms with E-state index in [2.05, 4.69) is 4.98 Å². The average Bonchev–Trinajstić information content (AvgIpc) is 2.94. The van der Waals surface area contributed by atoms with Crippen LogP contribution in [-0.2, 0) is 4.74 Å². The summed E-state index contributed by atoms with van der Waals surface area (Å²) in [5.41, 5.74) is 0.368. The molecule has 0 saturated carbocycles. The zero-order chi connectivity index (χ0) is 15.9. The van der Waals surface area contributed by atoms with Gasteiger partial charge in [0.25, 0.3) is 0 Å². The fraction of sp³-hybridized carbons (Fsp3) is 0.200. The maximum atomic E-state index is 14.0. The smallest absolute Gasteiger partial charge is 0.357 e. The average molecular weight is 322 g/mol. The summed E-state index contributed by atoms with van der Waals surface area (Å²) in [5, 5.41) is 0. The zero-order valence-electron chi connectivity index (χ0n) is 11.9. The number of aromatic nitrogens is 2. The maximum absolute atomic E-state index is 14.0. The number of carbonyl (C=O) groups is 1. The Morgan fingerprint density at radius 3 is 2.86 bits per heavy atom. The second-order valence-electron chi connectivity index (χ2n) is 4.65. The summed E-state index contributed by atoms with van der Waals surface area (Å²) < 4.78 is 33.7. The van der Waals surface area contributed by atoms with E-state index >= 15 is 0 Å². The molecule has 0 radical (unpaired) electrons. The molecule has 7 heteroatoms. The van der Waals surface area contributed by atoms with Gasteiger partial charge in [0.15, 0.2) is 10.7 Å². The Morgan fingerprint density at radius 1 is 1.41 bits per heavy atom. The van der Waals surface area contributed by atoms with Crippen molar-refractivity contribution < 1.29 is 18.3 Å². The molecule has 4 nitrogen and oxygen atoms in total. The molecule has 22 heavy (non-hydrogen) atoms. The standard InChI is InChI=1S/C15H12F2N2O2S/c1-3-21-14(20)13-12(10-5-4-9(16)6-11(10)17)18-15-19(13)7-8(2)22-15/h4-7H,3H2,1-2H3. The van der Waals surface area contributed by atoms with Crippen molar-refractivity contribution in [2.24, 2.45) is 0 Å². The van der Waals surface area contributed by atoms with Crippen LogP contribution >= 0.6 is 11.3 Å². The fourth-order valence-corrected chi connectivity index (χ4v) is 3.05. The van der Waals surface area contributed by atoms with Gasteiger partial charge in [-0.15, -0.1) is 11.3 Å². The molecule has 0 spiro atoms. The number of fused-ring (bicyclic) bond motifs is 1. The van der Waals surface area contributed by atoms with Crippen LogP contribution in [0.5, 0.6) is 0 Å². The summed E-state index contributed by atoms with van der Waals surface area (Å²) in [7, 11) is 0. The second-order valence-corrected chi connectivity index (χ2v) is 5.86. The summed E-state index contributed by atoms with van der Waals surface area (Å²) in [4.78, 5) is 18.1. The number of benzene rings is 1. The predicted octanol–water partition coefficient (Wildman–Crippen LogP) is 3.83. The van der Waals surface area contributed by atoms with Crippen LogP contribution in [0.15, 0.2) is 24.4 Å². The quantitative estimate of drug-likeness (QED) is 0.688. The molecular formula is C15H12F2N2O2S. The normalized spacial score (nSPS) is 11.1.